The van der Waals surface area contributed by atoms with E-state index in [2.05, 4.69) is 9.97 Å². The van der Waals surface area contributed by atoms with E-state index in [0.29, 0.717) is 17.2 Å². The Kier molecular flexibility index (Phi) is 3.00. The summed E-state index contributed by atoms with van der Waals surface area (Å²) in [5, 5.41) is 0. The first kappa shape index (κ1) is 11.1. The van der Waals surface area contributed by atoms with E-state index in [0.717, 1.165) is 5.56 Å². The molecule has 0 unspecified atom stereocenters. The van der Waals surface area contributed by atoms with Gasteiger partial charge in [-0.3, -0.25) is 9.78 Å². The first-order valence-electron chi connectivity index (χ1n) is 5.11. The second-order valence-electron chi connectivity index (χ2n) is 3.63. The zero-order chi connectivity index (χ0) is 12.3. The van der Waals surface area contributed by atoms with E-state index < -0.39 is 0 Å². The molecule has 17 heavy (non-hydrogen) atoms. The van der Waals surface area contributed by atoms with Gasteiger partial charge in [-0.25, -0.2) is 4.98 Å². The molecule has 2 rings (SSSR count). The van der Waals surface area contributed by atoms with Crippen LogP contribution in [0.4, 0.5) is 11.5 Å². The predicted molar refractivity (Wildman–Crippen MR) is 65.3 cm³/mol. The number of carbonyl (C=O) groups excluding carboxylic acids is 1. The van der Waals surface area contributed by atoms with Crippen molar-refractivity contribution in [1.82, 2.24) is 9.97 Å². The lowest BCUT2D eigenvalue weighted by atomic mass is 10.1. The standard InChI is InChI=1S/C12H12N4O/c13-9-2-1-4-16-12(9)10(17)6-8-3-5-15-11(14)7-8/h1-5,7H,6,13H2,(H2,14,15). The van der Waals surface area contributed by atoms with Gasteiger partial charge in [0.1, 0.15) is 11.5 Å². The van der Waals surface area contributed by atoms with Crippen LogP contribution in [-0.2, 0) is 6.42 Å². The molecule has 5 heteroatoms. The van der Waals surface area contributed by atoms with E-state index in [1.165, 1.54) is 0 Å². The van der Waals surface area contributed by atoms with Gasteiger partial charge in [-0.2, -0.15) is 0 Å². The topological polar surface area (TPSA) is 94.9 Å². The molecule has 4 N–H and O–H groups in total. The van der Waals surface area contributed by atoms with Gasteiger partial charge in [0.25, 0.3) is 0 Å². The maximum absolute atomic E-state index is 11.9. The minimum absolute atomic E-state index is 0.131. The average molecular weight is 228 g/mol. The van der Waals surface area contributed by atoms with Crippen LogP contribution in [0.5, 0.6) is 0 Å². The van der Waals surface area contributed by atoms with Crippen LogP contribution in [0.2, 0.25) is 0 Å². The fourth-order valence-corrected chi connectivity index (χ4v) is 1.52. The van der Waals surface area contributed by atoms with Gasteiger partial charge in [-0.1, -0.05) is 0 Å². The number of anilines is 2. The van der Waals surface area contributed by atoms with Crippen LogP contribution in [0.15, 0.2) is 36.7 Å². The molecule has 0 radical (unpaired) electrons. The van der Waals surface area contributed by atoms with Crippen molar-refractivity contribution >= 4 is 17.3 Å². The van der Waals surface area contributed by atoms with Gasteiger partial charge in [0.2, 0.25) is 0 Å². The Morgan fingerprint density at radius 1 is 1.18 bits per heavy atom. The van der Waals surface area contributed by atoms with Crippen LogP contribution in [0, 0.1) is 0 Å². The van der Waals surface area contributed by atoms with Crippen LogP contribution >= 0.6 is 0 Å². The van der Waals surface area contributed by atoms with Crippen LogP contribution < -0.4 is 11.5 Å². The summed E-state index contributed by atoms with van der Waals surface area (Å²) >= 11 is 0. The highest BCUT2D eigenvalue weighted by atomic mass is 16.1. The summed E-state index contributed by atoms with van der Waals surface area (Å²) in [7, 11) is 0. The summed E-state index contributed by atoms with van der Waals surface area (Å²) in [6.45, 7) is 0. The van der Waals surface area contributed by atoms with E-state index in [1.54, 1.807) is 36.7 Å². The van der Waals surface area contributed by atoms with Crippen molar-refractivity contribution in [3.8, 4) is 0 Å². The van der Waals surface area contributed by atoms with Crippen molar-refractivity contribution in [3.05, 3.63) is 47.9 Å². The van der Waals surface area contributed by atoms with Crippen LogP contribution in [0.1, 0.15) is 16.1 Å². The normalized spacial score (nSPS) is 10.1. The third-order valence-corrected chi connectivity index (χ3v) is 2.31. The lowest BCUT2D eigenvalue weighted by Crippen LogP contribution is -2.09. The molecule has 0 aromatic carbocycles. The van der Waals surface area contributed by atoms with Gasteiger partial charge in [-0.15, -0.1) is 0 Å². The lowest BCUT2D eigenvalue weighted by Gasteiger charge is -2.03. The number of hydrogen-bond acceptors (Lipinski definition) is 5. The highest BCUT2D eigenvalue weighted by Crippen LogP contribution is 2.12. The minimum Gasteiger partial charge on any atom is -0.397 e. The van der Waals surface area contributed by atoms with Crippen LogP contribution in [0.3, 0.4) is 0 Å². The Hall–Kier alpha value is -2.43. The Bertz CT molecular complexity index is 554. The third kappa shape index (κ3) is 2.57. The molecule has 0 fully saturated rings. The molecule has 5 nitrogen and oxygen atoms in total. The third-order valence-electron chi connectivity index (χ3n) is 2.31. The number of pyridine rings is 2. The second kappa shape index (κ2) is 4.61. The summed E-state index contributed by atoms with van der Waals surface area (Å²) in [4.78, 5) is 19.8. The summed E-state index contributed by atoms with van der Waals surface area (Å²) in [6, 6.07) is 6.75. The van der Waals surface area contributed by atoms with Gasteiger partial charge in [0.15, 0.2) is 5.78 Å². The molecule has 0 aliphatic rings. The number of nitrogens with zero attached hydrogens (tertiary/aromatic N) is 2. The SMILES string of the molecule is Nc1cc(CC(=O)c2ncccc2N)ccn1. The molecular formula is C12H12N4O. The first-order chi connectivity index (χ1) is 8.16. The monoisotopic (exact) mass is 228 g/mol. The molecule has 0 saturated carbocycles. The molecule has 0 atom stereocenters. The molecule has 2 aromatic rings. The van der Waals surface area contributed by atoms with Crippen molar-refractivity contribution in [2.24, 2.45) is 0 Å². The molecule has 0 spiro atoms. The predicted octanol–water partition coefficient (Wildman–Crippen LogP) is 1.07. The van der Waals surface area contributed by atoms with Crippen molar-refractivity contribution in [3.63, 3.8) is 0 Å². The molecule has 2 aromatic heterocycles. The smallest absolute Gasteiger partial charge is 0.187 e. The number of rotatable bonds is 3. The number of nitrogen functional groups attached to an aromatic ring is 2. The van der Waals surface area contributed by atoms with Gasteiger partial charge in [-0.05, 0) is 29.8 Å². The van der Waals surface area contributed by atoms with E-state index in [1.807, 2.05) is 0 Å². The minimum atomic E-state index is -0.131. The highest BCUT2D eigenvalue weighted by Gasteiger charge is 2.11. The summed E-state index contributed by atoms with van der Waals surface area (Å²) in [6.07, 6.45) is 3.33. The molecule has 2 heterocycles. The number of ketones is 1. The Labute approximate surface area is 98.5 Å². The number of nitrogens with two attached hydrogens (primary N) is 2. The second-order valence-corrected chi connectivity index (χ2v) is 3.63. The van der Waals surface area contributed by atoms with Crippen LogP contribution in [0.25, 0.3) is 0 Å². The molecule has 0 saturated heterocycles. The van der Waals surface area contributed by atoms with Gasteiger partial charge in [0.05, 0.1) is 5.69 Å². The fourth-order valence-electron chi connectivity index (χ4n) is 1.52. The number of hydrogen-bond donors (Lipinski definition) is 2. The summed E-state index contributed by atoms with van der Waals surface area (Å²) in [5.41, 5.74) is 12.7. The quantitative estimate of drug-likeness (QED) is 0.766. The Balaban J connectivity index is 2.20. The Morgan fingerprint density at radius 3 is 2.71 bits per heavy atom. The zero-order valence-corrected chi connectivity index (χ0v) is 9.13. The van der Waals surface area contributed by atoms with E-state index in [-0.39, 0.29) is 12.2 Å². The molecule has 0 bridgehead atoms. The van der Waals surface area contributed by atoms with E-state index in [4.69, 9.17) is 11.5 Å². The largest absolute Gasteiger partial charge is 0.397 e. The summed E-state index contributed by atoms with van der Waals surface area (Å²) < 4.78 is 0. The van der Waals surface area contributed by atoms with Crippen molar-refractivity contribution in [1.29, 1.82) is 0 Å². The maximum Gasteiger partial charge on any atom is 0.187 e. The van der Waals surface area contributed by atoms with Crippen molar-refractivity contribution in [2.75, 3.05) is 11.5 Å². The zero-order valence-electron chi connectivity index (χ0n) is 9.13. The molecular weight excluding hydrogens is 216 g/mol. The number of carbonyl (C=O) groups is 1. The molecule has 0 amide bonds. The highest BCUT2D eigenvalue weighted by molar-refractivity contribution is 6.00. The Morgan fingerprint density at radius 2 is 2.00 bits per heavy atom. The van der Waals surface area contributed by atoms with Crippen molar-refractivity contribution < 1.29 is 4.79 Å². The number of Topliss-reactive ketones (excluding diaryl/α,β-unsaturated/α-hetero) is 1. The van der Waals surface area contributed by atoms with Crippen LogP contribution in [-0.4, -0.2) is 15.8 Å². The van der Waals surface area contributed by atoms with Crippen molar-refractivity contribution in [2.45, 2.75) is 6.42 Å². The molecule has 0 aliphatic heterocycles. The summed E-state index contributed by atoms with van der Waals surface area (Å²) in [5.74, 6) is 0.262. The molecule has 86 valence electrons. The average Bonchev–Trinajstić information content (AvgIpc) is 2.29. The molecule has 0 aliphatic carbocycles. The van der Waals surface area contributed by atoms with Gasteiger partial charge >= 0.3 is 0 Å². The van der Waals surface area contributed by atoms with E-state index >= 15 is 0 Å². The lowest BCUT2D eigenvalue weighted by molar-refractivity contribution is 0.0989. The fraction of sp³-hybridized carbons (Fsp3) is 0.0833. The first-order valence-corrected chi connectivity index (χ1v) is 5.11. The maximum atomic E-state index is 11.9. The van der Waals surface area contributed by atoms with Gasteiger partial charge < -0.3 is 11.5 Å². The van der Waals surface area contributed by atoms with E-state index in [9.17, 15) is 4.79 Å². The number of aromatic nitrogens is 2. The van der Waals surface area contributed by atoms with Gasteiger partial charge in [0, 0.05) is 18.8 Å².